The highest BCUT2D eigenvalue weighted by Crippen LogP contribution is 2.47. The van der Waals surface area contributed by atoms with Gasteiger partial charge >= 0.3 is 5.97 Å². The standard InChI is InChI=1S/C14H23NO5/c16-10(12(17)18)5-8-15-13(19)14(6-3-7-14)11-4-1-2-9-20-11/h10-11,16H,1-9H2,(H,15,19)(H,17,18)/t10-,11?/m0/s1. The monoisotopic (exact) mass is 285 g/mol. The van der Waals surface area contributed by atoms with E-state index in [9.17, 15) is 14.7 Å². The SMILES string of the molecule is O=C(O)[C@@H](O)CCNC(=O)C1(C2CCCCO2)CCC1. The third-order valence-electron chi connectivity index (χ3n) is 4.48. The van der Waals surface area contributed by atoms with Crippen LogP contribution in [0.15, 0.2) is 0 Å². The molecule has 0 aromatic rings. The predicted octanol–water partition coefficient (Wildman–Crippen LogP) is 0.678. The maximum atomic E-state index is 12.4. The second-order valence-corrected chi connectivity index (χ2v) is 5.76. The van der Waals surface area contributed by atoms with Gasteiger partial charge in [0.15, 0.2) is 6.10 Å². The Morgan fingerprint density at radius 2 is 2.05 bits per heavy atom. The second-order valence-electron chi connectivity index (χ2n) is 5.76. The molecule has 6 heteroatoms. The molecular formula is C14H23NO5. The third-order valence-corrected chi connectivity index (χ3v) is 4.48. The van der Waals surface area contributed by atoms with Crippen molar-refractivity contribution in [3.05, 3.63) is 0 Å². The van der Waals surface area contributed by atoms with Crippen molar-refractivity contribution in [1.82, 2.24) is 5.32 Å². The zero-order valence-electron chi connectivity index (χ0n) is 11.6. The highest BCUT2D eigenvalue weighted by molar-refractivity contribution is 5.84. The van der Waals surface area contributed by atoms with E-state index >= 15 is 0 Å². The van der Waals surface area contributed by atoms with E-state index in [1.807, 2.05) is 0 Å². The number of aliphatic carboxylic acids is 1. The molecule has 0 spiro atoms. The van der Waals surface area contributed by atoms with Gasteiger partial charge in [-0.1, -0.05) is 6.42 Å². The lowest BCUT2D eigenvalue weighted by atomic mass is 9.63. The van der Waals surface area contributed by atoms with Crippen LogP contribution >= 0.6 is 0 Å². The summed E-state index contributed by atoms with van der Waals surface area (Å²) in [5.74, 6) is -1.30. The van der Waals surface area contributed by atoms with Crippen molar-refractivity contribution < 1.29 is 24.5 Å². The summed E-state index contributed by atoms with van der Waals surface area (Å²) in [6.07, 6.45) is 4.39. The predicted molar refractivity (Wildman–Crippen MR) is 71.1 cm³/mol. The Morgan fingerprint density at radius 3 is 2.55 bits per heavy atom. The molecule has 20 heavy (non-hydrogen) atoms. The number of carbonyl (C=O) groups is 2. The van der Waals surface area contributed by atoms with Gasteiger partial charge in [-0.15, -0.1) is 0 Å². The summed E-state index contributed by atoms with van der Waals surface area (Å²) in [6, 6.07) is 0. The van der Waals surface area contributed by atoms with Crippen LogP contribution in [-0.4, -0.2) is 47.4 Å². The highest BCUT2D eigenvalue weighted by Gasteiger charge is 2.51. The first-order chi connectivity index (χ1) is 9.56. The van der Waals surface area contributed by atoms with Gasteiger partial charge in [0.2, 0.25) is 5.91 Å². The summed E-state index contributed by atoms with van der Waals surface area (Å²) in [4.78, 5) is 22.9. The maximum Gasteiger partial charge on any atom is 0.332 e. The summed E-state index contributed by atoms with van der Waals surface area (Å²) in [6.45, 7) is 0.901. The van der Waals surface area contributed by atoms with Gasteiger partial charge in [0.05, 0.1) is 11.5 Å². The molecule has 0 radical (unpaired) electrons. The van der Waals surface area contributed by atoms with E-state index in [4.69, 9.17) is 9.84 Å². The zero-order chi connectivity index (χ0) is 14.6. The fourth-order valence-corrected chi connectivity index (χ4v) is 3.05. The third kappa shape index (κ3) is 3.12. The molecule has 1 saturated heterocycles. The number of aliphatic hydroxyl groups is 1. The first-order valence-electron chi connectivity index (χ1n) is 7.37. The second kappa shape index (κ2) is 6.54. The van der Waals surface area contributed by atoms with Gasteiger partial charge in [0.1, 0.15) is 0 Å². The molecule has 114 valence electrons. The van der Waals surface area contributed by atoms with E-state index in [2.05, 4.69) is 5.32 Å². The molecule has 3 N–H and O–H groups in total. The van der Waals surface area contributed by atoms with Gasteiger partial charge < -0.3 is 20.3 Å². The number of amides is 1. The minimum Gasteiger partial charge on any atom is -0.479 e. The Kier molecular flexibility index (Phi) is 4.99. The van der Waals surface area contributed by atoms with E-state index in [-0.39, 0.29) is 25.0 Å². The van der Waals surface area contributed by atoms with Crippen LogP contribution in [0.4, 0.5) is 0 Å². The summed E-state index contributed by atoms with van der Waals surface area (Å²) in [5, 5.41) is 20.5. The molecule has 1 heterocycles. The average molecular weight is 285 g/mol. The quantitative estimate of drug-likeness (QED) is 0.667. The van der Waals surface area contributed by atoms with Crippen LogP contribution in [0, 0.1) is 5.41 Å². The lowest BCUT2D eigenvalue weighted by molar-refractivity contribution is -0.157. The Bertz CT molecular complexity index is 361. The first kappa shape index (κ1) is 15.3. The van der Waals surface area contributed by atoms with Crippen molar-refractivity contribution in [3.63, 3.8) is 0 Å². The van der Waals surface area contributed by atoms with E-state index in [1.165, 1.54) is 0 Å². The summed E-state index contributed by atoms with van der Waals surface area (Å²) < 4.78 is 5.77. The fourth-order valence-electron chi connectivity index (χ4n) is 3.05. The van der Waals surface area contributed by atoms with Crippen LogP contribution < -0.4 is 5.32 Å². The van der Waals surface area contributed by atoms with Crippen molar-refractivity contribution in [2.75, 3.05) is 13.2 Å². The summed E-state index contributed by atoms with van der Waals surface area (Å²) >= 11 is 0. The van der Waals surface area contributed by atoms with E-state index in [0.717, 1.165) is 45.1 Å². The average Bonchev–Trinajstić information content (AvgIpc) is 2.38. The highest BCUT2D eigenvalue weighted by atomic mass is 16.5. The van der Waals surface area contributed by atoms with Gasteiger partial charge in [-0.05, 0) is 32.1 Å². The van der Waals surface area contributed by atoms with Crippen molar-refractivity contribution in [2.24, 2.45) is 5.41 Å². The molecule has 1 unspecified atom stereocenters. The number of rotatable bonds is 6. The number of aliphatic hydroxyl groups excluding tert-OH is 1. The molecule has 0 bridgehead atoms. The molecule has 1 saturated carbocycles. The number of ether oxygens (including phenoxy) is 1. The van der Waals surface area contributed by atoms with Crippen LogP contribution in [0.5, 0.6) is 0 Å². The number of carbonyl (C=O) groups excluding carboxylic acids is 1. The molecule has 1 amide bonds. The molecule has 2 aliphatic rings. The lowest BCUT2D eigenvalue weighted by Crippen LogP contribution is -2.55. The van der Waals surface area contributed by atoms with Crippen LogP contribution in [0.1, 0.15) is 44.9 Å². The van der Waals surface area contributed by atoms with Gasteiger partial charge in [0, 0.05) is 19.6 Å². The number of hydrogen-bond acceptors (Lipinski definition) is 4. The summed E-state index contributed by atoms with van der Waals surface area (Å²) in [7, 11) is 0. The van der Waals surface area contributed by atoms with Crippen LogP contribution in [0.2, 0.25) is 0 Å². The van der Waals surface area contributed by atoms with E-state index in [0.29, 0.717) is 0 Å². The van der Waals surface area contributed by atoms with Crippen molar-refractivity contribution >= 4 is 11.9 Å². The van der Waals surface area contributed by atoms with Crippen LogP contribution in [-0.2, 0) is 14.3 Å². The number of hydrogen-bond donors (Lipinski definition) is 3. The summed E-state index contributed by atoms with van der Waals surface area (Å²) in [5.41, 5.74) is -0.422. The van der Waals surface area contributed by atoms with Crippen LogP contribution in [0.25, 0.3) is 0 Å². The van der Waals surface area contributed by atoms with Gasteiger partial charge in [0.25, 0.3) is 0 Å². The van der Waals surface area contributed by atoms with E-state index in [1.54, 1.807) is 0 Å². The molecule has 1 aliphatic heterocycles. The minimum atomic E-state index is -1.42. The molecule has 2 atom stereocenters. The molecule has 0 aromatic heterocycles. The smallest absolute Gasteiger partial charge is 0.332 e. The Morgan fingerprint density at radius 1 is 1.30 bits per heavy atom. The number of nitrogens with one attached hydrogen (secondary N) is 1. The molecule has 1 aliphatic carbocycles. The molecular weight excluding hydrogens is 262 g/mol. The zero-order valence-corrected chi connectivity index (χ0v) is 11.6. The van der Waals surface area contributed by atoms with Gasteiger partial charge in [-0.3, -0.25) is 4.79 Å². The van der Waals surface area contributed by atoms with Gasteiger partial charge in [-0.25, -0.2) is 4.79 Å². The van der Waals surface area contributed by atoms with Crippen molar-refractivity contribution in [2.45, 2.75) is 57.2 Å². The fraction of sp³-hybridized carbons (Fsp3) is 0.857. The Hall–Kier alpha value is -1.14. The molecule has 0 aromatic carbocycles. The Balaban J connectivity index is 1.84. The molecule has 2 fully saturated rings. The normalized spacial score (nSPS) is 26.4. The number of carboxylic acid groups (broad SMARTS) is 1. The van der Waals surface area contributed by atoms with Gasteiger partial charge in [-0.2, -0.15) is 0 Å². The first-order valence-corrected chi connectivity index (χ1v) is 7.37. The minimum absolute atomic E-state index is 0.00519. The van der Waals surface area contributed by atoms with Crippen molar-refractivity contribution in [1.29, 1.82) is 0 Å². The lowest BCUT2D eigenvalue weighted by Gasteiger charge is -2.47. The Labute approximate surface area is 118 Å². The van der Waals surface area contributed by atoms with E-state index < -0.39 is 17.5 Å². The maximum absolute atomic E-state index is 12.4. The van der Waals surface area contributed by atoms with Crippen molar-refractivity contribution in [3.8, 4) is 0 Å². The topological polar surface area (TPSA) is 95.9 Å². The molecule has 6 nitrogen and oxygen atoms in total. The van der Waals surface area contributed by atoms with Crippen LogP contribution in [0.3, 0.4) is 0 Å². The molecule has 2 rings (SSSR count). The number of carboxylic acids is 1. The largest absolute Gasteiger partial charge is 0.479 e.